The Bertz CT molecular complexity index is 164. The van der Waals surface area contributed by atoms with Gasteiger partial charge in [0.2, 0.25) is 5.91 Å². The number of hydrogen-bond acceptors (Lipinski definition) is 3. The van der Waals surface area contributed by atoms with Crippen LogP contribution in [0.1, 0.15) is 19.8 Å². The summed E-state index contributed by atoms with van der Waals surface area (Å²) in [6.07, 6.45) is 1.19. The van der Waals surface area contributed by atoms with Gasteiger partial charge < -0.3 is 15.7 Å². The zero-order valence-electron chi connectivity index (χ0n) is 7.39. The highest BCUT2D eigenvalue weighted by molar-refractivity contribution is 5.75. The second-order valence-electron chi connectivity index (χ2n) is 3.28. The van der Waals surface area contributed by atoms with Crippen molar-refractivity contribution in [3.05, 3.63) is 0 Å². The van der Waals surface area contributed by atoms with Crippen LogP contribution >= 0.6 is 0 Å². The van der Waals surface area contributed by atoms with Gasteiger partial charge >= 0.3 is 0 Å². The van der Waals surface area contributed by atoms with Crippen LogP contribution in [0.3, 0.4) is 0 Å². The molecular weight excluding hydrogens is 156 g/mol. The average Bonchev–Trinajstić information content (AvgIpc) is 2.49. The van der Waals surface area contributed by atoms with Gasteiger partial charge in [-0.05, 0) is 13.0 Å². The minimum Gasteiger partial charge on any atom is -0.387 e. The number of β-amino-alcohol motifs (C(OH)–C–C–N with tert-alkyl or cyclic N) is 1. The fourth-order valence-corrected chi connectivity index (χ4v) is 1.27. The molecule has 4 heteroatoms. The van der Waals surface area contributed by atoms with Crippen molar-refractivity contribution < 1.29 is 9.90 Å². The van der Waals surface area contributed by atoms with E-state index in [-0.39, 0.29) is 5.91 Å². The molecule has 0 aliphatic carbocycles. The first-order valence-corrected chi connectivity index (χ1v) is 4.36. The van der Waals surface area contributed by atoms with Crippen LogP contribution in [0.4, 0.5) is 0 Å². The van der Waals surface area contributed by atoms with Crippen LogP contribution < -0.4 is 10.6 Å². The lowest BCUT2D eigenvalue weighted by atomic mass is 10.0. The second-order valence-corrected chi connectivity index (χ2v) is 3.28. The van der Waals surface area contributed by atoms with Crippen molar-refractivity contribution in [3.8, 4) is 0 Å². The van der Waals surface area contributed by atoms with Gasteiger partial charge in [-0.2, -0.15) is 0 Å². The summed E-state index contributed by atoms with van der Waals surface area (Å²) in [7, 11) is 0. The van der Waals surface area contributed by atoms with Crippen LogP contribution in [-0.2, 0) is 4.79 Å². The fraction of sp³-hybridized carbons (Fsp3) is 0.875. The van der Waals surface area contributed by atoms with Crippen LogP contribution in [0.2, 0.25) is 0 Å². The van der Waals surface area contributed by atoms with Crippen molar-refractivity contribution in [2.75, 3.05) is 19.6 Å². The number of nitrogens with one attached hydrogen (secondary N) is 2. The summed E-state index contributed by atoms with van der Waals surface area (Å²) in [5, 5.41) is 15.5. The van der Waals surface area contributed by atoms with E-state index in [0.29, 0.717) is 19.5 Å². The van der Waals surface area contributed by atoms with Gasteiger partial charge in [-0.25, -0.2) is 0 Å². The molecule has 0 bridgehead atoms. The summed E-state index contributed by atoms with van der Waals surface area (Å²) >= 11 is 0. The molecule has 12 heavy (non-hydrogen) atoms. The number of amides is 1. The molecule has 1 saturated heterocycles. The first kappa shape index (κ1) is 9.48. The van der Waals surface area contributed by atoms with Crippen LogP contribution in [0.15, 0.2) is 0 Å². The minimum atomic E-state index is -0.717. The maximum atomic E-state index is 10.9. The van der Waals surface area contributed by atoms with Crippen molar-refractivity contribution in [3.63, 3.8) is 0 Å². The SMILES string of the molecule is CCC(=O)NCC1(O)CCNC1. The molecule has 0 spiro atoms. The lowest BCUT2D eigenvalue weighted by Gasteiger charge is -2.21. The Morgan fingerprint density at radius 3 is 3.00 bits per heavy atom. The average molecular weight is 172 g/mol. The smallest absolute Gasteiger partial charge is 0.219 e. The Balaban J connectivity index is 2.25. The largest absolute Gasteiger partial charge is 0.387 e. The molecule has 1 rings (SSSR count). The molecule has 70 valence electrons. The van der Waals surface area contributed by atoms with E-state index < -0.39 is 5.60 Å². The third kappa shape index (κ3) is 2.46. The highest BCUT2D eigenvalue weighted by Crippen LogP contribution is 2.12. The summed E-state index contributed by atoms with van der Waals surface area (Å²) < 4.78 is 0. The third-order valence-corrected chi connectivity index (χ3v) is 2.16. The standard InChI is InChI=1S/C8H16N2O2/c1-2-7(11)10-6-8(12)3-4-9-5-8/h9,12H,2-6H2,1H3,(H,10,11). The quantitative estimate of drug-likeness (QED) is 0.524. The van der Waals surface area contributed by atoms with E-state index in [9.17, 15) is 9.90 Å². The molecule has 1 fully saturated rings. The van der Waals surface area contributed by atoms with Crippen molar-refractivity contribution in [1.82, 2.24) is 10.6 Å². The summed E-state index contributed by atoms with van der Waals surface area (Å²) in [5.41, 5.74) is -0.717. The van der Waals surface area contributed by atoms with E-state index in [2.05, 4.69) is 10.6 Å². The molecule has 0 aromatic rings. The van der Waals surface area contributed by atoms with E-state index in [1.54, 1.807) is 6.92 Å². The number of aliphatic hydroxyl groups is 1. The highest BCUT2D eigenvalue weighted by Gasteiger charge is 2.30. The summed E-state index contributed by atoms with van der Waals surface area (Å²) in [6, 6.07) is 0. The molecule has 0 aromatic heterocycles. The molecule has 0 aromatic carbocycles. The molecule has 4 nitrogen and oxygen atoms in total. The van der Waals surface area contributed by atoms with Crippen molar-refractivity contribution in [2.45, 2.75) is 25.4 Å². The Kier molecular flexibility index (Phi) is 3.05. The van der Waals surface area contributed by atoms with Crippen LogP contribution in [0.5, 0.6) is 0 Å². The van der Waals surface area contributed by atoms with Crippen molar-refractivity contribution in [2.24, 2.45) is 0 Å². The predicted octanol–water partition coefficient (Wildman–Crippen LogP) is -0.763. The molecule has 1 aliphatic rings. The Hall–Kier alpha value is -0.610. The van der Waals surface area contributed by atoms with Crippen LogP contribution in [0, 0.1) is 0 Å². The maximum Gasteiger partial charge on any atom is 0.219 e. The van der Waals surface area contributed by atoms with Gasteiger partial charge in [0.25, 0.3) is 0 Å². The summed E-state index contributed by atoms with van der Waals surface area (Å²) in [6.45, 7) is 3.58. The first-order valence-electron chi connectivity index (χ1n) is 4.36. The topological polar surface area (TPSA) is 61.4 Å². The fourth-order valence-electron chi connectivity index (χ4n) is 1.27. The van der Waals surface area contributed by atoms with E-state index in [4.69, 9.17) is 0 Å². The van der Waals surface area contributed by atoms with E-state index in [1.807, 2.05) is 0 Å². The van der Waals surface area contributed by atoms with Gasteiger partial charge in [-0.15, -0.1) is 0 Å². The Morgan fingerprint density at radius 2 is 2.50 bits per heavy atom. The van der Waals surface area contributed by atoms with Gasteiger partial charge in [0, 0.05) is 19.5 Å². The molecule has 1 heterocycles. The molecule has 3 N–H and O–H groups in total. The molecule has 1 amide bonds. The van der Waals surface area contributed by atoms with Crippen molar-refractivity contribution in [1.29, 1.82) is 0 Å². The molecule has 1 aliphatic heterocycles. The summed E-state index contributed by atoms with van der Waals surface area (Å²) in [5.74, 6) is -0.00433. The summed E-state index contributed by atoms with van der Waals surface area (Å²) in [4.78, 5) is 10.9. The van der Waals surface area contributed by atoms with Crippen LogP contribution in [0.25, 0.3) is 0 Å². The lowest BCUT2D eigenvalue weighted by molar-refractivity contribution is -0.121. The zero-order chi connectivity index (χ0) is 9.03. The van der Waals surface area contributed by atoms with E-state index in [1.165, 1.54) is 0 Å². The van der Waals surface area contributed by atoms with Gasteiger partial charge in [0.05, 0.1) is 5.60 Å². The molecule has 0 radical (unpaired) electrons. The normalized spacial score (nSPS) is 28.8. The van der Waals surface area contributed by atoms with Gasteiger partial charge in [0.15, 0.2) is 0 Å². The molecule has 1 atom stereocenters. The van der Waals surface area contributed by atoms with E-state index >= 15 is 0 Å². The zero-order valence-corrected chi connectivity index (χ0v) is 7.39. The Labute approximate surface area is 72.3 Å². The number of rotatable bonds is 3. The molecular formula is C8H16N2O2. The molecule has 1 unspecified atom stereocenters. The van der Waals surface area contributed by atoms with Gasteiger partial charge in [0.1, 0.15) is 0 Å². The van der Waals surface area contributed by atoms with E-state index in [0.717, 1.165) is 13.0 Å². The first-order chi connectivity index (χ1) is 5.66. The number of hydrogen-bond donors (Lipinski definition) is 3. The maximum absolute atomic E-state index is 10.9. The third-order valence-electron chi connectivity index (χ3n) is 2.16. The number of carbonyl (C=O) groups is 1. The second kappa shape index (κ2) is 3.87. The lowest BCUT2D eigenvalue weighted by Crippen LogP contribution is -2.44. The highest BCUT2D eigenvalue weighted by atomic mass is 16.3. The van der Waals surface area contributed by atoms with Gasteiger partial charge in [-0.3, -0.25) is 4.79 Å². The van der Waals surface area contributed by atoms with Gasteiger partial charge in [-0.1, -0.05) is 6.92 Å². The monoisotopic (exact) mass is 172 g/mol. The van der Waals surface area contributed by atoms with Crippen molar-refractivity contribution >= 4 is 5.91 Å². The van der Waals surface area contributed by atoms with Crippen LogP contribution in [-0.4, -0.2) is 36.2 Å². The number of carbonyl (C=O) groups excluding carboxylic acids is 1. The Morgan fingerprint density at radius 1 is 1.75 bits per heavy atom. The molecule has 0 saturated carbocycles. The minimum absolute atomic E-state index is 0.00433. The predicted molar refractivity (Wildman–Crippen MR) is 45.7 cm³/mol.